The highest BCUT2D eigenvalue weighted by Gasteiger charge is 2.23. The van der Waals surface area contributed by atoms with Crippen LogP contribution in [0, 0.1) is 17.7 Å². The second kappa shape index (κ2) is 8.41. The maximum absolute atomic E-state index is 13.1. The van der Waals surface area contributed by atoms with E-state index in [1.807, 2.05) is 13.8 Å². The van der Waals surface area contributed by atoms with Gasteiger partial charge in [-0.3, -0.25) is 9.69 Å². The van der Waals surface area contributed by atoms with Gasteiger partial charge in [0, 0.05) is 13.2 Å². The van der Waals surface area contributed by atoms with Gasteiger partial charge in [-0.15, -0.1) is 0 Å². The summed E-state index contributed by atoms with van der Waals surface area (Å²) in [4.78, 5) is 14.5. The first-order valence-corrected chi connectivity index (χ1v) is 8.37. The lowest BCUT2D eigenvalue weighted by Crippen LogP contribution is -2.44. The molecule has 23 heavy (non-hydrogen) atoms. The van der Waals surface area contributed by atoms with E-state index in [0.29, 0.717) is 6.54 Å². The van der Waals surface area contributed by atoms with Crippen molar-refractivity contribution in [2.24, 2.45) is 11.8 Å². The number of amides is 1. The molecule has 1 amide bonds. The number of aliphatic hydroxyl groups is 1. The number of nitrogens with one attached hydrogen (secondary N) is 1. The average molecular weight is 322 g/mol. The van der Waals surface area contributed by atoms with Crippen LogP contribution in [0.2, 0.25) is 0 Å². The summed E-state index contributed by atoms with van der Waals surface area (Å²) in [5.74, 6) is 0.197. The Morgan fingerprint density at radius 2 is 2.09 bits per heavy atom. The number of likely N-dealkylation sites (tertiary alicyclic amines) is 1. The van der Waals surface area contributed by atoms with E-state index >= 15 is 0 Å². The molecule has 128 valence electrons. The number of hydrogen-bond donors (Lipinski definition) is 2. The Bertz CT molecular complexity index is 504. The Balaban J connectivity index is 1.94. The first-order chi connectivity index (χ1) is 11.0. The van der Waals surface area contributed by atoms with Gasteiger partial charge in [0.2, 0.25) is 5.91 Å². The van der Waals surface area contributed by atoms with Crippen LogP contribution in [0.15, 0.2) is 24.3 Å². The van der Waals surface area contributed by atoms with Crippen molar-refractivity contribution in [1.82, 2.24) is 10.2 Å². The summed E-state index contributed by atoms with van der Waals surface area (Å²) in [5, 5.41) is 12.3. The Morgan fingerprint density at radius 3 is 2.70 bits per heavy atom. The standard InChI is InChI=1S/C18H27FN2O2/c1-13(2)18(15-5-7-16(19)8-6-15)20-17(23)11-21-9-3-4-14(10-21)12-22/h5-8,13-14,18,22H,3-4,9-12H2,1-2H3,(H,20,23). The molecule has 0 aliphatic carbocycles. The molecule has 4 nitrogen and oxygen atoms in total. The van der Waals surface area contributed by atoms with E-state index in [0.717, 1.165) is 31.5 Å². The summed E-state index contributed by atoms with van der Waals surface area (Å²) in [5.41, 5.74) is 0.918. The number of halogens is 1. The van der Waals surface area contributed by atoms with E-state index in [2.05, 4.69) is 10.2 Å². The Morgan fingerprint density at radius 1 is 1.39 bits per heavy atom. The summed E-state index contributed by atoms with van der Waals surface area (Å²) in [6, 6.07) is 6.17. The van der Waals surface area contributed by atoms with Crippen LogP contribution < -0.4 is 5.32 Å². The lowest BCUT2D eigenvalue weighted by atomic mass is 9.95. The highest BCUT2D eigenvalue weighted by molar-refractivity contribution is 5.78. The zero-order valence-corrected chi connectivity index (χ0v) is 14.0. The zero-order chi connectivity index (χ0) is 16.8. The highest BCUT2D eigenvalue weighted by atomic mass is 19.1. The van der Waals surface area contributed by atoms with Crippen LogP contribution >= 0.6 is 0 Å². The third-order valence-electron chi connectivity index (χ3n) is 4.44. The average Bonchev–Trinajstić information content (AvgIpc) is 2.53. The normalized spacial score (nSPS) is 20.5. The van der Waals surface area contributed by atoms with Crippen molar-refractivity contribution in [3.8, 4) is 0 Å². The number of nitrogens with zero attached hydrogens (tertiary/aromatic N) is 1. The lowest BCUT2D eigenvalue weighted by Gasteiger charge is -2.32. The largest absolute Gasteiger partial charge is 0.396 e. The van der Waals surface area contributed by atoms with E-state index in [4.69, 9.17) is 0 Å². The number of carbonyl (C=O) groups excluding carboxylic acids is 1. The molecule has 1 aliphatic heterocycles. The van der Waals surface area contributed by atoms with E-state index in [1.165, 1.54) is 12.1 Å². The molecule has 2 atom stereocenters. The molecule has 2 unspecified atom stereocenters. The molecule has 0 spiro atoms. The number of hydrogen-bond acceptors (Lipinski definition) is 3. The molecular weight excluding hydrogens is 295 g/mol. The molecule has 1 aromatic rings. The third-order valence-corrected chi connectivity index (χ3v) is 4.44. The number of benzene rings is 1. The SMILES string of the molecule is CC(C)C(NC(=O)CN1CCCC(CO)C1)c1ccc(F)cc1. The van der Waals surface area contributed by atoms with Crippen LogP contribution in [-0.4, -0.2) is 42.2 Å². The predicted molar refractivity (Wildman–Crippen MR) is 88.4 cm³/mol. The quantitative estimate of drug-likeness (QED) is 0.845. The lowest BCUT2D eigenvalue weighted by molar-refractivity contribution is -0.123. The van der Waals surface area contributed by atoms with Gasteiger partial charge in [0.15, 0.2) is 0 Å². The first-order valence-electron chi connectivity index (χ1n) is 8.37. The fraction of sp³-hybridized carbons (Fsp3) is 0.611. The Labute approximate surface area is 137 Å². The van der Waals surface area contributed by atoms with Gasteiger partial charge < -0.3 is 10.4 Å². The van der Waals surface area contributed by atoms with Gasteiger partial charge in [0.25, 0.3) is 0 Å². The molecule has 1 aliphatic rings. The van der Waals surface area contributed by atoms with E-state index in [9.17, 15) is 14.3 Å². The smallest absolute Gasteiger partial charge is 0.234 e. The minimum Gasteiger partial charge on any atom is -0.396 e. The van der Waals surface area contributed by atoms with Gasteiger partial charge in [0.05, 0.1) is 12.6 Å². The van der Waals surface area contributed by atoms with Crippen LogP contribution in [0.1, 0.15) is 38.3 Å². The molecule has 1 fully saturated rings. The van der Waals surface area contributed by atoms with Gasteiger partial charge in [-0.2, -0.15) is 0 Å². The summed E-state index contributed by atoms with van der Waals surface area (Å²) in [6.45, 7) is 6.27. The number of aliphatic hydroxyl groups excluding tert-OH is 1. The Kier molecular flexibility index (Phi) is 6.54. The summed E-state index contributed by atoms with van der Waals surface area (Å²) >= 11 is 0. The van der Waals surface area contributed by atoms with Crippen molar-refractivity contribution in [3.63, 3.8) is 0 Å². The molecule has 1 aromatic carbocycles. The first kappa shape index (κ1) is 17.9. The summed E-state index contributed by atoms with van der Waals surface area (Å²) < 4.78 is 13.1. The molecule has 0 aromatic heterocycles. The molecular formula is C18H27FN2O2. The van der Waals surface area contributed by atoms with Crippen molar-refractivity contribution in [2.75, 3.05) is 26.2 Å². The van der Waals surface area contributed by atoms with Gasteiger partial charge in [-0.25, -0.2) is 4.39 Å². The van der Waals surface area contributed by atoms with Gasteiger partial charge in [0.1, 0.15) is 5.82 Å². The van der Waals surface area contributed by atoms with Crippen LogP contribution in [0.5, 0.6) is 0 Å². The van der Waals surface area contributed by atoms with Crippen molar-refractivity contribution in [3.05, 3.63) is 35.6 Å². The van der Waals surface area contributed by atoms with Crippen LogP contribution in [0.4, 0.5) is 4.39 Å². The molecule has 5 heteroatoms. The van der Waals surface area contributed by atoms with Crippen LogP contribution in [0.25, 0.3) is 0 Å². The molecule has 0 saturated carbocycles. The minimum absolute atomic E-state index is 0.0217. The van der Waals surface area contributed by atoms with Gasteiger partial charge in [-0.05, 0) is 48.9 Å². The predicted octanol–water partition coefficient (Wildman–Crippen LogP) is 2.34. The number of rotatable bonds is 6. The fourth-order valence-corrected chi connectivity index (χ4v) is 3.17. The van der Waals surface area contributed by atoms with Gasteiger partial charge in [-0.1, -0.05) is 26.0 Å². The second-order valence-electron chi connectivity index (χ2n) is 6.77. The summed E-state index contributed by atoms with van der Waals surface area (Å²) in [6.07, 6.45) is 2.04. The van der Waals surface area contributed by atoms with Gasteiger partial charge >= 0.3 is 0 Å². The fourth-order valence-electron chi connectivity index (χ4n) is 3.17. The maximum Gasteiger partial charge on any atom is 0.234 e. The minimum atomic E-state index is -0.272. The second-order valence-corrected chi connectivity index (χ2v) is 6.77. The van der Waals surface area contributed by atoms with E-state index < -0.39 is 0 Å². The Hall–Kier alpha value is -1.46. The maximum atomic E-state index is 13.1. The van der Waals surface area contributed by atoms with Crippen LogP contribution in [-0.2, 0) is 4.79 Å². The third kappa shape index (κ3) is 5.29. The van der Waals surface area contributed by atoms with E-state index in [-0.39, 0.29) is 36.2 Å². The molecule has 2 rings (SSSR count). The number of piperidine rings is 1. The van der Waals surface area contributed by atoms with Crippen LogP contribution in [0.3, 0.4) is 0 Å². The molecule has 0 bridgehead atoms. The van der Waals surface area contributed by atoms with Crippen molar-refractivity contribution in [2.45, 2.75) is 32.7 Å². The van der Waals surface area contributed by atoms with Crippen molar-refractivity contribution < 1.29 is 14.3 Å². The molecule has 1 heterocycles. The van der Waals surface area contributed by atoms with E-state index in [1.54, 1.807) is 12.1 Å². The monoisotopic (exact) mass is 322 g/mol. The molecule has 1 saturated heterocycles. The van der Waals surface area contributed by atoms with Crippen molar-refractivity contribution in [1.29, 1.82) is 0 Å². The highest BCUT2D eigenvalue weighted by Crippen LogP contribution is 2.22. The summed E-state index contributed by atoms with van der Waals surface area (Å²) in [7, 11) is 0. The van der Waals surface area contributed by atoms with Crippen molar-refractivity contribution >= 4 is 5.91 Å². The molecule has 2 N–H and O–H groups in total. The molecule has 0 radical (unpaired) electrons. The number of carbonyl (C=O) groups is 1. The topological polar surface area (TPSA) is 52.6 Å². The zero-order valence-electron chi connectivity index (χ0n) is 14.0.